The highest BCUT2D eigenvalue weighted by Crippen LogP contribution is 1.98. The molecule has 16 heavy (non-hydrogen) atoms. The molecule has 0 aliphatic heterocycles. The molecule has 2 atom stereocenters. The minimum Gasteiger partial charge on any atom is -0.394 e. The maximum Gasteiger partial charge on any atom is 0.332 e. The van der Waals surface area contributed by atoms with E-state index >= 15 is 0 Å². The van der Waals surface area contributed by atoms with E-state index in [1.807, 2.05) is 0 Å². The molecule has 0 saturated carbocycles. The zero-order chi connectivity index (χ0) is 12.7. The number of aliphatic hydroxyl groups is 1. The van der Waals surface area contributed by atoms with Crippen LogP contribution in [0.2, 0.25) is 0 Å². The molecule has 0 bridgehead atoms. The number of hydrogen-bond acceptors (Lipinski definition) is 7. The Bertz CT molecular complexity index is 281. The fraction of sp³-hybridized carbons (Fsp3) is 0.625. The number of aliphatic hydroxyl groups excluding tert-OH is 1. The topological polar surface area (TPSA) is 159 Å². The minimum atomic E-state index is -1.28. The molecule has 8 nitrogen and oxygen atoms in total. The molecule has 0 fully saturated rings. The first kappa shape index (κ1) is 14.5. The highest BCUT2D eigenvalue weighted by atomic mass is 16.6. The van der Waals surface area contributed by atoms with Gasteiger partial charge in [-0.2, -0.15) is 0 Å². The number of carbonyl (C=O) groups excluding carboxylic acids is 3. The van der Waals surface area contributed by atoms with Gasteiger partial charge in [-0.15, -0.1) is 0 Å². The number of hydrogen-bond donors (Lipinski definition) is 4. The Hall–Kier alpha value is -1.51. The van der Waals surface area contributed by atoms with Gasteiger partial charge in [0.05, 0.1) is 6.61 Å². The summed E-state index contributed by atoms with van der Waals surface area (Å²) in [6.45, 7) is -0.636. The van der Waals surface area contributed by atoms with Crippen molar-refractivity contribution in [2.45, 2.75) is 24.9 Å². The number of rotatable bonds is 6. The van der Waals surface area contributed by atoms with Gasteiger partial charge in [0.2, 0.25) is 5.91 Å². The van der Waals surface area contributed by atoms with E-state index in [4.69, 9.17) is 22.3 Å². The number of nitrogens with two attached hydrogens (primary N) is 3. The average Bonchev–Trinajstić information content (AvgIpc) is 2.24. The molecule has 0 aliphatic rings. The van der Waals surface area contributed by atoms with Crippen molar-refractivity contribution in [3.8, 4) is 0 Å². The second-order valence-corrected chi connectivity index (χ2v) is 3.14. The van der Waals surface area contributed by atoms with Crippen LogP contribution in [0.25, 0.3) is 0 Å². The first-order chi connectivity index (χ1) is 7.38. The highest BCUT2D eigenvalue weighted by Gasteiger charge is 2.22. The second-order valence-electron chi connectivity index (χ2n) is 3.14. The Balaban J connectivity index is 4.05. The van der Waals surface area contributed by atoms with E-state index in [2.05, 4.69) is 4.74 Å². The lowest BCUT2D eigenvalue weighted by Gasteiger charge is -2.11. The van der Waals surface area contributed by atoms with Crippen LogP contribution in [0.15, 0.2) is 0 Å². The smallest absolute Gasteiger partial charge is 0.332 e. The number of amides is 1. The summed E-state index contributed by atoms with van der Waals surface area (Å²) in [5.41, 5.74) is 15.3. The van der Waals surface area contributed by atoms with E-state index < -0.39 is 36.5 Å². The summed E-state index contributed by atoms with van der Waals surface area (Å²) in [5.74, 6) is -2.68. The van der Waals surface area contributed by atoms with Crippen LogP contribution in [0.3, 0.4) is 0 Å². The van der Waals surface area contributed by atoms with Crippen molar-refractivity contribution in [1.82, 2.24) is 0 Å². The van der Waals surface area contributed by atoms with Gasteiger partial charge < -0.3 is 27.0 Å². The minimum absolute atomic E-state index is 0.0180. The maximum absolute atomic E-state index is 11.1. The van der Waals surface area contributed by atoms with Gasteiger partial charge in [-0.05, 0) is 6.42 Å². The molecule has 0 unspecified atom stereocenters. The Labute approximate surface area is 91.7 Å². The standard InChI is InChI=1S/C8H15N3O5/c9-4(1-2-6(11)13)7(14)16-8(15)5(10)3-12/h4-5,12H,1-3,9-10H2,(H2,11,13)/t4-,5-/m0/s1. The normalized spacial score (nSPS) is 13.9. The molecular weight excluding hydrogens is 218 g/mol. The zero-order valence-electron chi connectivity index (χ0n) is 8.59. The molecule has 0 rings (SSSR count). The van der Waals surface area contributed by atoms with Gasteiger partial charge in [-0.25, -0.2) is 9.59 Å². The van der Waals surface area contributed by atoms with Crippen LogP contribution in [0, 0.1) is 0 Å². The lowest BCUT2D eigenvalue weighted by atomic mass is 10.1. The molecule has 0 aromatic heterocycles. The molecule has 0 saturated heterocycles. The van der Waals surface area contributed by atoms with Crippen molar-refractivity contribution in [3.63, 3.8) is 0 Å². The quantitative estimate of drug-likeness (QED) is 0.280. The first-order valence-electron chi connectivity index (χ1n) is 4.54. The summed E-state index contributed by atoms with van der Waals surface area (Å²) in [7, 11) is 0. The Morgan fingerprint density at radius 3 is 2.06 bits per heavy atom. The lowest BCUT2D eigenvalue weighted by Crippen LogP contribution is -2.41. The van der Waals surface area contributed by atoms with Crippen molar-refractivity contribution in [1.29, 1.82) is 0 Å². The number of primary amides is 1. The third-order valence-corrected chi connectivity index (χ3v) is 1.71. The summed E-state index contributed by atoms with van der Waals surface area (Å²) < 4.78 is 4.26. The van der Waals surface area contributed by atoms with Crippen molar-refractivity contribution >= 4 is 17.8 Å². The summed E-state index contributed by atoms with van der Waals surface area (Å²) in [4.78, 5) is 32.5. The first-order valence-corrected chi connectivity index (χ1v) is 4.54. The van der Waals surface area contributed by atoms with Crippen LogP contribution in [0.5, 0.6) is 0 Å². The molecule has 8 heteroatoms. The van der Waals surface area contributed by atoms with Gasteiger partial charge in [0.15, 0.2) is 0 Å². The van der Waals surface area contributed by atoms with E-state index in [0.29, 0.717) is 0 Å². The predicted molar refractivity (Wildman–Crippen MR) is 52.6 cm³/mol. The van der Waals surface area contributed by atoms with E-state index in [-0.39, 0.29) is 12.8 Å². The molecule has 0 spiro atoms. The molecule has 0 aliphatic carbocycles. The summed E-state index contributed by atoms with van der Waals surface area (Å²) >= 11 is 0. The fourth-order valence-electron chi connectivity index (χ4n) is 0.741. The van der Waals surface area contributed by atoms with Crippen LogP contribution in [0.1, 0.15) is 12.8 Å². The molecule has 92 valence electrons. The maximum atomic E-state index is 11.1. The van der Waals surface area contributed by atoms with Gasteiger partial charge in [-0.1, -0.05) is 0 Å². The van der Waals surface area contributed by atoms with Crippen LogP contribution < -0.4 is 17.2 Å². The highest BCUT2D eigenvalue weighted by molar-refractivity contribution is 5.90. The van der Waals surface area contributed by atoms with Crippen LogP contribution in [-0.4, -0.2) is 41.6 Å². The third kappa shape index (κ3) is 5.39. The van der Waals surface area contributed by atoms with E-state index in [0.717, 1.165) is 0 Å². The second kappa shape index (κ2) is 6.88. The van der Waals surface area contributed by atoms with Crippen molar-refractivity contribution in [2.24, 2.45) is 17.2 Å². The molecule has 1 amide bonds. The van der Waals surface area contributed by atoms with Crippen molar-refractivity contribution in [2.75, 3.05) is 6.61 Å². The molecule has 0 aromatic carbocycles. The number of ether oxygens (including phenoxy) is 1. The Kier molecular flexibility index (Phi) is 6.23. The Morgan fingerprint density at radius 1 is 1.12 bits per heavy atom. The lowest BCUT2D eigenvalue weighted by molar-refractivity contribution is -0.162. The zero-order valence-corrected chi connectivity index (χ0v) is 8.59. The van der Waals surface area contributed by atoms with Gasteiger partial charge in [0, 0.05) is 6.42 Å². The van der Waals surface area contributed by atoms with E-state index in [9.17, 15) is 14.4 Å². The molecule has 0 radical (unpaired) electrons. The molecule has 0 heterocycles. The summed E-state index contributed by atoms with van der Waals surface area (Å²) in [6.07, 6.45) is -0.105. The molecule has 0 aromatic rings. The third-order valence-electron chi connectivity index (χ3n) is 1.71. The van der Waals surface area contributed by atoms with Crippen LogP contribution in [0.4, 0.5) is 0 Å². The number of carbonyl (C=O) groups is 3. The SMILES string of the molecule is NC(=O)CC[C@H](N)C(=O)OC(=O)[C@@H](N)CO. The molecular formula is C8H15N3O5. The van der Waals surface area contributed by atoms with E-state index in [1.165, 1.54) is 0 Å². The van der Waals surface area contributed by atoms with E-state index in [1.54, 1.807) is 0 Å². The van der Waals surface area contributed by atoms with Crippen molar-refractivity contribution < 1.29 is 24.2 Å². The largest absolute Gasteiger partial charge is 0.394 e. The van der Waals surface area contributed by atoms with Gasteiger partial charge in [0.25, 0.3) is 0 Å². The predicted octanol–water partition coefficient (Wildman–Crippen LogP) is -3.03. The van der Waals surface area contributed by atoms with Gasteiger partial charge >= 0.3 is 11.9 Å². The monoisotopic (exact) mass is 233 g/mol. The average molecular weight is 233 g/mol. The number of esters is 2. The van der Waals surface area contributed by atoms with Gasteiger partial charge in [0.1, 0.15) is 12.1 Å². The Morgan fingerprint density at radius 2 is 1.62 bits per heavy atom. The fourth-order valence-corrected chi connectivity index (χ4v) is 0.741. The van der Waals surface area contributed by atoms with Crippen LogP contribution in [-0.2, 0) is 19.1 Å². The summed E-state index contributed by atoms with van der Waals surface area (Å²) in [6, 6.07) is -2.41. The van der Waals surface area contributed by atoms with Crippen LogP contribution >= 0.6 is 0 Å². The summed E-state index contributed by atoms with van der Waals surface area (Å²) in [5, 5.41) is 8.50. The molecule has 7 N–H and O–H groups in total. The van der Waals surface area contributed by atoms with Crippen molar-refractivity contribution in [3.05, 3.63) is 0 Å². The van der Waals surface area contributed by atoms with Gasteiger partial charge in [-0.3, -0.25) is 4.79 Å².